The molecule has 1 rings (SSSR count). The summed E-state index contributed by atoms with van der Waals surface area (Å²) in [4.78, 5) is 11.1. The second-order valence-electron chi connectivity index (χ2n) is 2.89. The highest BCUT2D eigenvalue weighted by molar-refractivity contribution is 5.88. The maximum atomic E-state index is 11.7. The van der Waals surface area contributed by atoms with Gasteiger partial charge in [0, 0.05) is 12.6 Å². The number of hydrogen-bond donors (Lipinski definition) is 1. The molecule has 0 saturated carbocycles. The Labute approximate surface area is 77.0 Å². The SMILES string of the molecule is O=C(C=C1CCOCC1)NCCF. The molecule has 0 aromatic rings. The standard InChI is InChI=1S/C9H14FNO2/c10-3-4-11-9(12)7-8-1-5-13-6-2-8/h7H,1-6H2,(H,11,12). The van der Waals surface area contributed by atoms with E-state index in [0.29, 0.717) is 13.2 Å². The van der Waals surface area contributed by atoms with E-state index in [1.807, 2.05) is 0 Å². The number of carbonyl (C=O) groups excluding carboxylic acids is 1. The van der Waals surface area contributed by atoms with E-state index in [0.717, 1.165) is 18.4 Å². The number of carbonyl (C=O) groups is 1. The predicted molar refractivity (Wildman–Crippen MR) is 47.1 cm³/mol. The molecule has 1 aliphatic heterocycles. The molecule has 0 bridgehead atoms. The number of halogens is 1. The lowest BCUT2D eigenvalue weighted by Crippen LogP contribution is -2.24. The minimum Gasteiger partial charge on any atom is -0.381 e. The van der Waals surface area contributed by atoms with Crippen molar-refractivity contribution in [3.05, 3.63) is 11.6 Å². The van der Waals surface area contributed by atoms with Crippen LogP contribution in [0.4, 0.5) is 4.39 Å². The Morgan fingerprint density at radius 1 is 1.54 bits per heavy atom. The lowest BCUT2D eigenvalue weighted by Gasteiger charge is -2.14. The van der Waals surface area contributed by atoms with Gasteiger partial charge >= 0.3 is 0 Å². The largest absolute Gasteiger partial charge is 0.381 e. The van der Waals surface area contributed by atoms with Crippen LogP contribution in [0.1, 0.15) is 12.8 Å². The molecule has 1 saturated heterocycles. The van der Waals surface area contributed by atoms with Crippen LogP contribution >= 0.6 is 0 Å². The first-order valence-electron chi connectivity index (χ1n) is 4.44. The van der Waals surface area contributed by atoms with E-state index < -0.39 is 6.67 Å². The zero-order valence-corrected chi connectivity index (χ0v) is 7.51. The molecule has 1 aliphatic rings. The average Bonchev–Trinajstić information content (AvgIpc) is 2.16. The van der Waals surface area contributed by atoms with Crippen molar-refractivity contribution in [2.75, 3.05) is 26.4 Å². The van der Waals surface area contributed by atoms with Crippen molar-refractivity contribution < 1.29 is 13.9 Å². The van der Waals surface area contributed by atoms with Gasteiger partial charge in [0.1, 0.15) is 6.67 Å². The Hall–Kier alpha value is -0.900. The van der Waals surface area contributed by atoms with Gasteiger partial charge in [-0.1, -0.05) is 5.57 Å². The molecule has 13 heavy (non-hydrogen) atoms. The van der Waals surface area contributed by atoms with Crippen molar-refractivity contribution >= 4 is 5.91 Å². The minimum atomic E-state index is -0.516. The van der Waals surface area contributed by atoms with Crippen molar-refractivity contribution in [2.45, 2.75) is 12.8 Å². The van der Waals surface area contributed by atoms with Gasteiger partial charge < -0.3 is 10.1 Å². The molecule has 3 nitrogen and oxygen atoms in total. The zero-order valence-electron chi connectivity index (χ0n) is 7.51. The third kappa shape index (κ3) is 4.03. The Kier molecular flexibility index (Phi) is 4.46. The molecule has 0 unspecified atom stereocenters. The van der Waals surface area contributed by atoms with Gasteiger partial charge in [0.15, 0.2) is 0 Å². The number of rotatable bonds is 3. The molecular formula is C9H14FNO2. The summed E-state index contributed by atoms with van der Waals surface area (Å²) >= 11 is 0. The van der Waals surface area contributed by atoms with Crippen molar-refractivity contribution in [2.24, 2.45) is 0 Å². The normalized spacial score (nSPS) is 16.8. The van der Waals surface area contributed by atoms with Gasteiger partial charge in [-0.05, 0) is 12.8 Å². The average molecular weight is 187 g/mol. The number of ether oxygens (including phenoxy) is 1. The van der Waals surface area contributed by atoms with Crippen LogP contribution in [0.25, 0.3) is 0 Å². The minimum absolute atomic E-state index is 0.0963. The molecule has 1 heterocycles. The van der Waals surface area contributed by atoms with Gasteiger partial charge in [-0.3, -0.25) is 4.79 Å². The van der Waals surface area contributed by atoms with E-state index in [1.165, 1.54) is 0 Å². The highest BCUT2D eigenvalue weighted by Crippen LogP contribution is 2.12. The summed E-state index contributed by atoms with van der Waals surface area (Å²) in [5, 5.41) is 2.45. The molecule has 0 aromatic heterocycles. The van der Waals surface area contributed by atoms with Crippen LogP contribution < -0.4 is 5.32 Å². The third-order valence-corrected chi connectivity index (χ3v) is 1.86. The molecule has 1 N–H and O–H groups in total. The van der Waals surface area contributed by atoms with Gasteiger partial charge in [-0.15, -0.1) is 0 Å². The Balaban J connectivity index is 2.30. The molecule has 0 atom stereocenters. The van der Waals surface area contributed by atoms with Crippen molar-refractivity contribution in [3.63, 3.8) is 0 Å². The van der Waals surface area contributed by atoms with Crippen LogP contribution in [0.5, 0.6) is 0 Å². The number of amides is 1. The number of hydrogen-bond acceptors (Lipinski definition) is 2. The molecule has 0 spiro atoms. The quantitative estimate of drug-likeness (QED) is 0.664. The van der Waals surface area contributed by atoms with E-state index in [1.54, 1.807) is 6.08 Å². The maximum Gasteiger partial charge on any atom is 0.244 e. The molecule has 74 valence electrons. The first-order valence-corrected chi connectivity index (χ1v) is 4.44. The van der Waals surface area contributed by atoms with Crippen molar-refractivity contribution in [1.29, 1.82) is 0 Å². The van der Waals surface area contributed by atoms with Crippen LogP contribution in [0, 0.1) is 0 Å². The fourth-order valence-electron chi connectivity index (χ4n) is 1.18. The Morgan fingerprint density at radius 3 is 2.85 bits per heavy atom. The van der Waals surface area contributed by atoms with Gasteiger partial charge in [-0.2, -0.15) is 0 Å². The van der Waals surface area contributed by atoms with E-state index in [9.17, 15) is 9.18 Å². The van der Waals surface area contributed by atoms with Crippen LogP contribution in [-0.2, 0) is 9.53 Å². The van der Waals surface area contributed by atoms with Gasteiger partial charge in [-0.25, -0.2) is 4.39 Å². The predicted octanol–water partition coefficient (Wildman–Crippen LogP) is 0.809. The summed E-state index contributed by atoms with van der Waals surface area (Å²) in [6.45, 7) is 0.946. The fraction of sp³-hybridized carbons (Fsp3) is 0.667. The van der Waals surface area contributed by atoms with E-state index >= 15 is 0 Å². The Morgan fingerprint density at radius 2 is 2.23 bits per heavy atom. The first-order chi connectivity index (χ1) is 6.33. The van der Waals surface area contributed by atoms with Crippen molar-refractivity contribution in [1.82, 2.24) is 5.32 Å². The monoisotopic (exact) mass is 187 g/mol. The van der Waals surface area contributed by atoms with Gasteiger partial charge in [0.25, 0.3) is 0 Å². The Bertz CT molecular complexity index is 196. The number of alkyl halides is 1. The van der Waals surface area contributed by atoms with Crippen LogP contribution in [0.15, 0.2) is 11.6 Å². The van der Waals surface area contributed by atoms with Crippen LogP contribution in [-0.4, -0.2) is 32.3 Å². The van der Waals surface area contributed by atoms with Crippen LogP contribution in [0.3, 0.4) is 0 Å². The number of nitrogens with one attached hydrogen (secondary N) is 1. The molecule has 1 fully saturated rings. The molecule has 1 amide bonds. The summed E-state index contributed by atoms with van der Waals surface area (Å²) in [6.07, 6.45) is 3.17. The molecule has 0 aliphatic carbocycles. The second-order valence-corrected chi connectivity index (χ2v) is 2.89. The lowest BCUT2D eigenvalue weighted by molar-refractivity contribution is -0.116. The molecule has 4 heteroatoms. The fourth-order valence-corrected chi connectivity index (χ4v) is 1.18. The lowest BCUT2D eigenvalue weighted by atomic mass is 10.1. The second kappa shape index (κ2) is 5.70. The molecule has 0 aromatic carbocycles. The first kappa shape index (κ1) is 10.2. The summed E-state index contributed by atoms with van der Waals surface area (Å²) in [5.41, 5.74) is 1.09. The van der Waals surface area contributed by atoms with E-state index in [4.69, 9.17) is 4.74 Å². The summed E-state index contributed by atoms with van der Waals surface area (Å²) < 4.78 is 16.8. The van der Waals surface area contributed by atoms with E-state index in [-0.39, 0.29) is 12.5 Å². The molecule has 0 radical (unpaired) electrons. The topological polar surface area (TPSA) is 38.3 Å². The highest BCUT2D eigenvalue weighted by atomic mass is 19.1. The van der Waals surface area contributed by atoms with Gasteiger partial charge in [0.2, 0.25) is 5.91 Å². The summed E-state index contributed by atoms with van der Waals surface area (Å²) in [5.74, 6) is -0.199. The third-order valence-electron chi connectivity index (χ3n) is 1.86. The molecular weight excluding hydrogens is 173 g/mol. The van der Waals surface area contributed by atoms with Crippen molar-refractivity contribution in [3.8, 4) is 0 Å². The van der Waals surface area contributed by atoms with Gasteiger partial charge in [0.05, 0.1) is 13.2 Å². The highest BCUT2D eigenvalue weighted by Gasteiger charge is 2.06. The zero-order chi connectivity index (χ0) is 9.52. The van der Waals surface area contributed by atoms with E-state index in [2.05, 4.69) is 5.32 Å². The smallest absolute Gasteiger partial charge is 0.244 e. The van der Waals surface area contributed by atoms with Crippen LogP contribution in [0.2, 0.25) is 0 Å². The summed E-state index contributed by atoms with van der Waals surface area (Å²) in [7, 11) is 0. The maximum absolute atomic E-state index is 11.7. The summed E-state index contributed by atoms with van der Waals surface area (Å²) in [6, 6.07) is 0.